The molecule has 1 saturated carbocycles. The average molecular weight is 263 g/mol. The highest BCUT2D eigenvalue weighted by Gasteiger charge is 2.23. The van der Waals surface area contributed by atoms with Crippen molar-refractivity contribution in [1.29, 1.82) is 0 Å². The highest BCUT2D eigenvalue weighted by atomic mass is 16.5. The molecule has 0 radical (unpaired) electrons. The molecule has 0 saturated heterocycles. The Morgan fingerprint density at radius 2 is 2.11 bits per heavy atom. The second-order valence-corrected chi connectivity index (χ2v) is 5.57. The molecule has 1 aliphatic carbocycles. The molecule has 1 atom stereocenters. The molecule has 0 spiro atoms. The lowest BCUT2D eigenvalue weighted by Crippen LogP contribution is -2.17. The number of hydrogen-bond acceptors (Lipinski definition) is 3. The minimum absolute atomic E-state index is 0.500. The van der Waals surface area contributed by atoms with E-state index in [1.54, 1.807) is 7.11 Å². The van der Waals surface area contributed by atoms with Crippen LogP contribution in [0.15, 0.2) is 18.2 Å². The molecule has 0 aromatic heterocycles. The van der Waals surface area contributed by atoms with Crippen LogP contribution in [0.25, 0.3) is 0 Å². The summed E-state index contributed by atoms with van der Waals surface area (Å²) < 4.78 is 10.8. The normalized spacial score (nSPS) is 16.2. The van der Waals surface area contributed by atoms with Crippen molar-refractivity contribution in [3.05, 3.63) is 23.8 Å². The van der Waals surface area contributed by atoms with Gasteiger partial charge in [0.25, 0.3) is 0 Å². The Morgan fingerprint density at radius 3 is 2.79 bits per heavy atom. The molecule has 1 aromatic rings. The summed E-state index contributed by atoms with van der Waals surface area (Å²) in [5.41, 5.74) is 2.31. The maximum Gasteiger partial charge on any atom is 0.142 e. The molecule has 19 heavy (non-hydrogen) atoms. The van der Waals surface area contributed by atoms with Gasteiger partial charge in [-0.05, 0) is 43.9 Å². The van der Waals surface area contributed by atoms with Crippen LogP contribution in [0.1, 0.15) is 31.7 Å². The Morgan fingerprint density at radius 1 is 1.32 bits per heavy atom. The number of hydrogen-bond donors (Lipinski definition) is 1. The number of methoxy groups -OCH3 is 1. The van der Waals surface area contributed by atoms with Crippen LogP contribution in [-0.4, -0.2) is 26.4 Å². The van der Waals surface area contributed by atoms with E-state index in [1.807, 2.05) is 0 Å². The van der Waals surface area contributed by atoms with E-state index in [0.29, 0.717) is 19.3 Å². The quantitative estimate of drug-likeness (QED) is 0.727. The maximum atomic E-state index is 5.79. The number of rotatable bonds is 8. The van der Waals surface area contributed by atoms with Crippen LogP contribution in [0.2, 0.25) is 0 Å². The molecule has 1 aliphatic rings. The van der Waals surface area contributed by atoms with Gasteiger partial charge in [0.1, 0.15) is 12.4 Å². The Labute approximate surface area is 116 Å². The summed E-state index contributed by atoms with van der Waals surface area (Å²) in [6.07, 6.45) is 4.06. The van der Waals surface area contributed by atoms with E-state index in [9.17, 15) is 0 Å². The largest absolute Gasteiger partial charge is 0.489 e. The maximum absolute atomic E-state index is 5.79. The second kappa shape index (κ2) is 6.80. The summed E-state index contributed by atoms with van der Waals surface area (Å²) in [7, 11) is 1.69. The Bertz CT molecular complexity index is 402. The van der Waals surface area contributed by atoms with E-state index in [2.05, 4.69) is 37.4 Å². The molecule has 0 amide bonds. The van der Waals surface area contributed by atoms with E-state index in [1.165, 1.54) is 24.8 Å². The molecule has 1 aromatic carbocycles. The fourth-order valence-electron chi connectivity index (χ4n) is 2.28. The minimum atomic E-state index is 0.500. The predicted molar refractivity (Wildman–Crippen MR) is 79.0 cm³/mol. The average Bonchev–Trinajstić information content (AvgIpc) is 3.16. The number of anilines is 1. The molecule has 1 N–H and O–H groups in total. The van der Waals surface area contributed by atoms with Crippen LogP contribution in [-0.2, 0) is 4.74 Å². The smallest absolute Gasteiger partial charge is 0.142 e. The van der Waals surface area contributed by atoms with E-state index in [0.717, 1.165) is 17.4 Å². The summed E-state index contributed by atoms with van der Waals surface area (Å²) in [5, 5.41) is 3.57. The molecule has 1 unspecified atom stereocenters. The number of aryl methyl sites for hydroxylation is 1. The van der Waals surface area contributed by atoms with Crippen LogP contribution < -0.4 is 10.1 Å². The van der Waals surface area contributed by atoms with E-state index in [-0.39, 0.29) is 0 Å². The van der Waals surface area contributed by atoms with E-state index >= 15 is 0 Å². The molecule has 0 bridgehead atoms. The van der Waals surface area contributed by atoms with Crippen LogP contribution in [0.3, 0.4) is 0 Å². The van der Waals surface area contributed by atoms with Crippen LogP contribution in [0.4, 0.5) is 5.69 Å². The van der Waals surface area contributed by atoms with Gasteiger partial charge in [0, 0.05) is 13.2 Å². The molecule has 3 nitrogen and oxygen atoms in total. The van der Waals surface area contributed by atoms with Crippen molar-refractivity contribution in [2.45, 2.75) is 39.2 Å². The Hall–Kier alpha value is -1.22. The lowest BCUT2D eigenvalue weighted by Gasteiger charge is -2.18. The first-order chi connectivity index (χ1) is 9.19. The fourth-order valence-corrected chi connectivity index (χ4v) is 2.28. The van der Waals surface area contributed by atoms with Crippen molar-refractivity contribution in [2.24, 2.45) is 5.92 Å². The van der Waals surface area contributed by atoms with Crippen LogP contribution in [0.5, 0.6) is 5.75 Å². The fraction of sp³-hybridized carbons (Fsp3) is 0.625. The van der Waals surface area contributed by atoms with Gasteiger partial charge >= 0.3 is 0 Å². The molecule has 0 aliphatic heterocycles. The number of ether oxygens (including phenoxy) is 2. The molecular weight excluding hydrogens is 238 g/mol. The standard InChI is InChI=1S/C16H25NO2/c1-12-4-7-15(16(10-12)19-9-8-18-3)17-13(2)11-14-5-6-14/h4,7,10,13-14,17H,5-6,8-9,11H2,1-3H3. The first-order valence-electron chi connectivity index (χ1n) is 7.18. The summed E-state index contributed by atoms with van der Waals surface area (Å²) in [4.78, 5) is 0. The van der Waals surface area contributed by atoms with Gasteiger partial charge in [0.05, 0.1) is 12.3 Å². The third-order valence-corrected chi connectivity index (χ3v) is 3.47. The summed E-state index contributed by atoms with van der Waals surface area (Å²) in [5.74, 6) is 1.87. The predicted octanol–water partition coefficient (Wildman–Crippen LogP) is 3.62. The molecule has 2 rings (SSSR count). The van der Waals surface area contributed by atoms with Gasteiger partial charge in [0.2, 0.25) is 0 Å². The minimum Gasteiger partial charge on any atom is -0.489 e. The number of benzene rings is 1. The van der Waals surface area contributed by atoms with Crippen molar-refractivity contribution < 1.29 is 9.47 Å². The van der Waals surface area contributed by atoms with Gasteiger partial charge in [0.15, 0.2) is 0 Å². The first kappa shape index (κ1) is 14.2. The van der Waals surface area contributed by atoms with Crippen molar-refractivity contribution in [3.63, 3.8) is 0 Å². The zero-order valence-electron chi connectivity index (χ0n) is 12.2. The van der Waals surface area contributed by atoms with Crippen LogP contribution in [0, 0.1) is 12.8 Å². The summed E-state index contributed by atoms with van der Waals surface area (Å²) in [6, 6.07) is 6.82. The molecule has 3 heteroatoms. The van der Waals surface area contributed by atoms with Crippen molar-refractivity contribution in [2.75, 3.05) is 25.6 Å². The monoisotopic (exact) mass is 263 g/mol. The van der Waals surface area contributed by atoms with Gasteiger partial charge in [-0.15, -0.1) is 0 Å². The Kier molecular flexibility index (Phi) is 5.08. The zero-order chi connectivity index (χ0) is 13.7. The third kappa shape index (κ3) is 4.75. The van der Waals surface area contributed by atoms with Gasteiger partial charge in [-0.1, -0.05) is 18.9 Å². The van der Waals surface area contributed by atoms with E-state index in [4.69, 9.17) is 9.47 Å². The van der Waals surface area contributed by atoms with Crippen LogP contribution >= 0.6 is 0 Å². The Balaban J connectivity index is 1.96. The topological polar surface area (TPSA) is 30.5 Å². The summed E-state index contributed by atoms with van der Waals surface area (Å²) >= 11 is 0. The van der Waals surface area contributed by atoms with Gasteiger partial charge in [-0.3, -0.25) is 0 Å². The molecule has 0 heterocycles. The lowest BCUT2D eigenvalue weighted by atomic mass is 10.1. The third-order valence-electron chi connectivity index (χ3n) is 3.47. The van der Waals surface area contributed by atoms with Crippen molar-refractivity contribution >= 4 is 5.69 Å². The lowest BCUT2D eigenvalue weighted by molar-refractivity contribution is 0.146. The molecule has 106 valence electrons. The molecule has 1 fully saturated rings. The highest BCUT2D eigenvalue weighted by molar-refractivity contribution is 5.58. The SMILES string of the molecule is COCCOc1cc(C)ccc1NC(C)CC1CC1. The zero-order valence-corrected chi connectivity index (χ0v) is 12.2. The van der Waals surface area contributed by atoms with Gasteiger partial charge < -0.3 is 14.8 Å². The number of nitrogens with one attached hydrogen (secondary N) is 1. The highest BCUT2D eigenvalue weighted by Crippen LogP contribution is 2.35. The second-order valence-electron chi connectivity index (χ2n) is 5.57. The van der Waals surface area contributed by atoms with Crippen molar-refractivity contribution in [3.8, 4) is 5.75 Å². The summed E-state index contributed by atoms with van der Waals surface area (Å²) in [6.45, 7) is 5.54. The first-order valence-corrected chi connectivity index (χ1v) is 7.18. The van der Waals surface area contributed by atoms with E-state index < -0.39 is 0 Å². The van der Waals surface area contributed by atoms with Crippen molar-refractivity contribution in [1.82, 2.24) is 0 Å². The van der Waals surface area contributed by atoms with Gasteiger partial charge in [-0.25, -0.2) is 0 Å². The van der Waals surface area contributed by atoms with Gasteiger partial charge in [-0.2, -0.15) is 0 Å². The molecular formula is C16H25NO2.